The molecule has 118 valence electrons. The Hall–Kier alpha value is -1.30. The molecule has 0 saturated heterocycles. The van der Waals surface area contributed by atoms with Crippen molar-refractivity contribution >= 4 is 11.6 Å². The number of unbranched alkanes of at least 4 members (excludes halogenated alkanes) is 1. The van der Waals surface area contributed by atoms with Gasteiger partial charge in [0, 0.05) is 19.5 Å². The highest BCUT2D eigenvalue weighted by Crippen LogP contribution is 2.23. The summed E-state index contributed by atoms with van der Waals surface area (Å²) in [5, 5.41) is 0. The number of alkyl halides is 2. The third-order valence-corrected chi connectivity index (χ3v) is 3.61. The maximum atomic E-state index is 13.7. The van der Waals surface area contributed by atoms with Crippen molar-refractivity contribution in [1.82, 2.24) is 4.90 Å². The first-order chi connectivity index (χ1) is 10.0. The van der Waals surface area contributed by atoms with Crippen LogP contribution in [0, 0.1) is 0 Å². The lowest BCUT2D eigenvalue weighted by molar-refractivity contribution is -0.0521. The van der Waals surface area contributed by atoms with Crippen LogP contribution in [0.25, 0.3) is 0 Å². The second-order valence-electron chi connectivity index (χ2n) is 5.62. The average molecular weight is 299 g/mol. The van der Waals surface area contributed by atoms with Crippen molar-refractivity contribution in [1.29, 1.82) is 0 Å². The molecule has 0 atom stereocenters. The van der Waals surface area contributed by atoms with Crippen LogP contribution in [-0.4, -0.2) is 55.8 Å². The van der Waals surface area contributed by atoms with Crippen LogP contribution in [0.2, 0.25) is 0 Å². The third-order valence-electron chi connectivity index (χ3n) is 3.61. The van der Waals surface area contributed by atoms with Gasteiger partial charge in [-0.1, -0.05) is 19.4 Å². The maximum Gasteiger partial charge on any atom is 0.281 e. The fraction of sp³-hybridized carbons (Fsp3) is 0.733. The number of ether oxygens (including phenoxy) is 1. The van der Waals surface area contributed by atoms with Gasteiger partial charge in [0.05, 0.1) is 0 Å². The Balaban J connectivity index is 1.92. The predicted molar refractivity (Wildman–Crippen MR) is 80.4 cm³/mol. The van der Waals surface area contributed by atoms with Gasteiger partial charge < -0.3 is 9.64 Å². The molecule has 2 aliphatic rings. The van der Waals surface area contributed by atoms with Crippen LogP contribution in [0.15, 0.2) is 21.6 Å². The minimum atomic E-state index is -2.80. The molecule has 0 unspecified atom stereocenters. The van der Waals surface area contributed by atoms with Gasteiger partial charge in [0.1, 0.15) is 12.4 Å². The van der Waals surface area contributed by atoms with E-state index in [2.05, 4.69) is 21.0 Å². The van der Waals surface area contributed by atoms with E-state index in [1.165, 1.54) is 0 Å². The molecule has 0 aromatic rings. The molecule has 2 heterocycles. The number of hydrogen-bond donors (Lipinski definition) is 0. The highest BCUT2D eigenvalue weighted by Gasteiger charge is 2.31. The maximum absolute atomic E-state index is 13.7. The summed E-state index contributed by atoms with van der Waals surface area (Å²) in [6.45, 7) is 3.31. The fourth-order valence-corrected chi connectivity index (χ4v) is 2.41. The van der Waals surface area contributed by atoms with Crippen LogP contribution in [0.3, 0.4) is 0 Å². The number of nitrogens with zero attached hydrogens (tertiary/aromatic N) is 3. The summed E-state index contributed by atoms with van der Waals surface area (Å²) in [4.78, 5) is 10.6. The molecule has 0 radical (unpaired) electrons. The van der Waals surface area contributed by atoms with E-state index in [9.17, 15) is 8.78 Å². The Morgan fingerprint density at radius 1 is 1.38 bits per heavy atom. The van der Waals surface area contributed by atoms with Crippen LogP contribution in [-0.2, 0) is 4.74 Å². The highest BCUT2D eigenvalue weighted by molar-refractivity contribution is 6.46. The predicted octanol–water partition coefficient (Wildman–Crippen LogP) is 2.90. The lowest BCUT2D eigenvalue weighted by Crippen LogP contribution is -2.33. The molecule has 4 nitrogen and oxygen atoms in total. The van der Waals surface area contributed by atoms with Gasteiger partial charge in [0.15, 0.2) is 6.61 Å². The zero-order chi connectivity index (χ0) is 15.3. The van der Waals surface area contributed by atoms with E-state index in [4.69, 9.17) is 4.74 Å². The summed E-state index contributed by atoms with van der Waals surface area (Å²) in [6.07, 6.45) is 4.14. The molecule has 21 heavy (non-hydrogen) atoms. The van der Waals surface area contributed by atoms with Gasteiger partial charge in [0.2, 0.25) is 5.90 Å². The van der Waals surface area contributed by atoms with Crippen molar-refractivity contribution in [2.75, 3.05) is 33.4 Å². The molecule has 6 heteroatoms. The normalized spacial score (nSPS) is 20.1. The molecule has 0 N–H and O–H groups in total. The lowest BCUT2D eigenvalue weighted by Gasteiger charge is -2.23. The lowest BCUT2D eigenvalue weighted by atomic mass is 10.1. The van der Waals surface area contributed by atoms with Crippen LogP contribution in [0.1, 0.15) is 32.6 Å². The quantitative estimate of drug-likeness (QED) is 0.756. The minimum Gasteiger partial charge on any atom is -0.470 e. The number of hydrogen-bond acceptors (Lipinski definition) is 4. The number of likely N-dealkylation sites (N-methyl/N-ethyl adjacent to an activating group) is 1. The second kappa shape index (κ2) is 7.11. The number of rotatable bonds is 6. The van der Waals surface area contributed by atoms with Gasteiger partial charge in [-0.3, -0.25) is 4.99 Å². The number of halogens is 2. The van der Waals surface area contributed by atoms with Gasteiger partial charge in [-0.05, 0) is 25.5 Å². The van der Waals surface area contributed by atoms with Crippen LogP contribution >= 0.6 is 0 Å². The topological polar surface area (TPSA) is 37.2 Å². The smallest absolute Gasteiger partial charge is 0.281 e. The van der Waals surface area contributed by atoms with Gasteiger partial charge in [-0.25, -0.2) is 13.8 Å². The first kappa shape index (κ1) is 16.1. The summed E-state index contributed by atoms with van der Waals surface area (Å²) in [6, 6.07) is 0. The summed E-state index contributed by atoms with van der Waals surface area (Å²) in [5.41, 5.74) is 1.67. The summed E-state index contributed by atoms with van der Waals surface area (Å²) >= 11 is 0. The van der Waals surface area contributed by atoms with Gasteiger partial charge in [-0.2, -0.15) is 0 Å². The number of aliphatic imine (C=N–C) groups is 2. The van der Waals surface area contributed by atoms with Gasteiger partial charge in [-0.15, -0.1) is 0 Å². The van der Waals surface area contributed by atoms with E-state index < -0.39 is 12.5 Å². The standard InChI is InChI=1S/C15H23F2N3O/c1-3-4-7-15(16,17)10-21-14-13(18-11-19-14)12-6-5-8-20(2)9-12/h6H,3-5,7-11H2,1-2H3. The van der Waals surface area contributed by atoms with Crippen molar-refractivity contribution < 1.29 is 13.5 Å². The minimum absolute atomic E-state index is 0.144. The van der Waals surface area contributed by atoms with E-state index in [0.717, 1.165) is 31.5 Å². The Morgan fingerprint density at radius 3 is 2.90 bits per heavy atom. The molecule has 0 bridgehead atoms. The highest BCUT2D eigenvalue weighted by atomic mass is 19.3. The van der Waals surface area contributed by atoms with E-state index >= 15 is 0 Å². The van der Waals surface area contributed by atoms with Crippen molar-refractivity contribution in [2.24, 2.45) is 9.98 Å². The van der Waals surface area contributed by atoms with Gasteiger partial charge in [0.25, 0.3) is 5.92 Å². The summed E-state index contributed by atoms with van der Waals surface area (Å²) in [5.74, 6) is -2.53. The molecule has 0 saturated carbocycles. The van der Waals surface area contributed by atoms with E-state index in [0.29, 0.717) is 12.1 Å². The molecule has 0 aromatic carbocycles. The summed E-state index contributed by atoms with van der Waals surface area (Å²) in [7, 11) is 2.03. The molecule has 2 rings (SSSR count). The van der Waals surface area contributed by atoms with Crippen molar-refractivity contribution in [3.8, 4) is 0 Å². The average Bonchev–Trinajstić information content (AvgIpc) is 2.92. The van der Waals surface area contributed by atoms with E-state index in [1.807, 2.05) is 14.0 Å². The third kappa shape index (κ3) is 4.59. The molecular formula is C15H23F2N3O. The van der Waals surface area contributed by atoms with Crippen molar-refractivity contribution in [3.63, 3.8) is 0 Å². The fourth-order valence-electron chi connectivity index (χ4n) is 2.41. The summed E-state index contributed by atoms with van der Waals surface area (Å²) < 4.78 is 32.6. The molecular weight excluding hydrogens is 276 g/mol. The van der Waals surface area contributed by atoms with Gasteiger partial charge >= 0.3 is 0 Å². The zero-order valence-corrected chi connectivity index (χ0v) is 12.7. The SMILES string of the molecule is CCCCC(F)(F)COC1=NCN=C1C1=CCCN(C)C1. The molecule has 0 aromatic heterocycles. The Morgan fingerprint density at radius 2 is 2.19 bits per heavy atom. The van der Waals surface area contributed by atoms with Crippen LogP contribution in [0.5, 0.6) is 0 Å². The Bertz CT molecular complexity index is 458. The monoisotopic (exact) mass is 299 g/mol. The molecule has 0 aliphatic carbocycles. The van der Waals surface area contributed by atoms with E-state index in [-0.39, 0.29) is 19.0 Å². The van der Waals surface area contributed by atoms with Crippen molar-refractivity contribution in [3.05, 3.63) is 11.6 Å². The van der Waals surface area contributed by atoms with Crippen molar-refractivity contribution in [2.45, 2.75) is 38.5 Å². The molecule has 0 fully saturated rings. The zero-order valence-electron chi connectivity index (χ0n) is 12.7. The Labute approximate surface area is 124 Å². The first-order valence-corrected chi connectivity index (χ1v) is 7.49. The Kier molecular flexibility index (Phi) is 5.45. The molecule has 0 spiro atoms. The molecule has 0 amide bonds. The first-order valence-electron chi connectivity index (χ1n) is 7.49. The second-order valence-corrected chi connectivity index (χ2v) is 5.62. The van der Waals surface area contributed by atoms with E-state index in [1.54, 1.807) is 0 Å². The van der Waals surface area contributed by atoms with Crippen LogP contribution in [0.4, 0.5) is 8.78 Å². The molecule has 2 aliphatic heterocycles. The van der Waals surface area contributed by atoms with Crippen LogP contribution < -0.4 is 0 Å². The largest absolute Gasteiger partial charge is 0.470 e.